The second kappa shape index (κ2) is 5.31. The van der Waals surface area contributed by atoms with Gasteiger partial charge in [0.2, 0.25) is 0 Å². The molecule has 3 aliphatic rings. The van der Waals surface area contributed by atoms with Crippen LogP contribution < -0.4 is 4.74 Å². The quantitative estimate of drug-likeness (QED) is 0.837. The molecule has 2 nitrogen and oxygen atoms in total. The summed E-state index contributed by atoms with van der Waals surface area (Å²) in [6.45, 7) is 3.96. The SMILES string of the molecule is C=C[C@@H]1CC[C@H]2[C@@H]3CCc4ccc(OC)cc4[C@H]3SC[C@@]12O. The summed E-state index contributed by atoms with van der Waals surface area (Å²) in [5, 5.41) is 11.8. The number of aliphatic hydroxyl groups is 1. The van der Waals surface area contributed by atoms with Crippen LogP contribution in [0.4, 0.5) is 0 Å². The van der Waals surface area contributed by atoms with Crippen molar-refractivity contribution in [2.75, 3.05) is 12.9 Å². The van der Waals surface area contributed by atoms with Crippen LogP contribution >= 0.6 is 11.8 Å². The first-order valence-electron chi connectivity index (χ1n) is 8.30. The number of aryl methyl sites for hydroxylation is 1. The van der Waals surface area contributed by atoms with Crippen LogP contribution in [0, 0.1) is 17.8 Å². The van der Waals surface area contributed by atoms with E-state index >= 15 is 0 Å². The standard InChI is InChI=1S/C19H24O2S/c1-3-13-6-9-17-15-8-5-12-4-7-14(21-2)10-16(12)18(15)22-11-19(13,17)20/h3-4,7,10,13,15,17-18,20H,1,5-6,8-9,11H2,2H3/t13-,15+,17+,18+,19-/m1/s1. The van der Waals surface area contributed by atoms with E-state index < -0.39 is 5.60 Å². The van der Waals surface area contributed by atoms with Gasteiger partial charge in [-0.3, -0.25) is 0 Å². The van der Waals surface area contributed by atoms with Gasteiger partial charge in [0, 0.05) is 16.9 Å². The predicted molar refractivity (Wildman–Crippen MR) is 91.4 cm³/mol. The minimum Gasteiger partial charge on any atom is -0.497 e. The third-order valence-electron chi connectivity index (χ3n) is 6.16. The Kier molecular flexibility index (Phi) is 3.54. The van der Waals surface area contributed by atoms with Gasteiger partial charge in [-0.2, -0.15) is 11.8 Å². The average Bonchev–Trinajstić information content (AvgIpc) is 2.90. The molecule has 1 aromatic carbocycles. The summed E-state index contributed by atoms with van der Waals surface area (Å²) in [7, 11) is 1.74. The molecule has 0 aromatic heterocycles. The van der Waals surface area contributed by atoms with E-state index in [0.717, 1.165) is 30.8 Å². The number of rotatable bonds is 2. The van der Waals surface area contributed by atoms with Crippen LogP contribution in [0.25, 0.3) is 0 Å². The molecule has 1 aliphatic heterocycles. The molecule has 1 saturated heterocycles. The Morgan fingerprint density at radius 1 is 1.36 bits per heavy atom. The van der Waals surface area contributed by atoms with Gasteiger partial charge in [-0.25, -0.2) is 0 Å². The van der Waals surface area contributed by atoms with E-state index in [1.165, 1.54) is 17.5 Å². The number of fused-ring (bicyclic) bond motifs is 5. The summed E-state index contributed by atoms with van der Waals surface area (Å²) in [6.07, 6.45) is 6.56. The van der Waals surface area contributed by atoms with Crippen molar-refractivity contribution in [2.24, 2.45) is 17.8 Å². The van der Waals surface area contributed by atoms with Gasteiger partial charge in [-0.05, 0) is 60.8 Å². The Morgan fingerprint density at radius 3 is 3.00 bits per heavy atom. The lowest BCUT2D eigenvalue weighted by atomic mass is 9.70. The number of thioether (sulfide) groups is 1. The lowest BCUT2D eigenvalue weighted by Gasteiger charge is -2.49. The Hall–Kier alpha value is -0.930. The van der Waals surface area contributed by atoms with Crippen LogP contribution in [0.2, 0.25) is 0 Å². The van der Waals surface area contributed by atoms with Gasteiger partial charge in [0.05, 0.1) is 12.7 Å². The maximum Gasteiger partial charge on any atom is 0.119 e. The molecule has 0 bridgehead atoms. The van der Waals surface area contributed by atoms with Crippen molar-refractivity contribution in [1.82, 2.24) is 0 Å². The van der Waals surface area contributed by atoms with Crippen LogP contribution in [-0.2, 0) is 6.42 Å². The van der Waals surface area contributed by atoms with Crippen molar-refractivity contribution >= 4 is 11.8 Å². The van der Waals surface area contributed by atoms with Crippen molar-refractivity contribution in [2.45, 2.75) is 36.5 Å². The molecule has 2 fully saturated rings. The first kappa shape index (κ1) is 14.6. The lowest BCUT2D eigenvalue weighted by Crippen LogP contribution is -2.50. The van der Waals surface area contributed by atoms with Gasteiger partial charge >= 0.3 is 0 Å². The molecule has 1 heterocycles. The van der Waals surface area contributed by atoms with Gasteiger partial charge in [0.1, 0.15) is 5.75 Å². The minimum atomic E-state index is -0.524. The summed E-state index contributed by atoms with van der Waals surface area (Å²) >= 11 is 1.95. The van der Waals surface area contributed by atoms with E-state index in [2.05, 4.69) is 24.8 Å². The Labute approximate surface area is 136 Å². The number of hydrogen-bond donors (Lipinski definition) is 1. The summed E-state index contributed by atoms with van der Waals surface area (Å²) in [5.74, 6) is 3.09. The third-order valence-corrected chi connectivity index (χ3v) is 7.76. The summed E-state index contributed by atoms with van der Waals surface area (Å²) in [6, 6.07) is 6.53. The maximum atomic E-state index is 11.2. The van der Waals surface area contributed by atoms with Crippen LogP contribution in [0.3, 0.4) is 0 Å². The van der Waals surface area contributed by atoms with E-state index in [-0.39, 0.29) is 5.92 Å². The minimum absolute atomic E-state index is 0.276. The molecule has 1 N–H and O–H groups in total. The molecule has 3 heteroatoms. The van der Waals surface area contributed by atoms with E-state index in [1.54, 1.807) is 7.11 Å². The van der Waals surface area contributed by atoms with Crippen molar-refractivity contribution in [3.8, 4) is 5.75 Å². The zero-order valence-electron chi connectivity index (χ0n) is 13.1. The third kappa shape index (κ3) is 1.98. The lowest BCUT2D eigenvalue weighted by molar-refractivity contribution is -0.0301. The molecule has 2 aliphatic carbocycles. The fourth-order valence-corrected chi connectivity index (χ4v) is 6.85. The largest absolute Gasteiger partial charge is 0.497 e. The molecule has 118 valence electrons. The molecule has 22 heavy (non-hydrogen) atoms. The van der Waals surface area contributed by atoms with Gasteiger partial charge in [-0.1, -0.05) is 12.1 Å². The molecule has 5 atom stereocenters. The molecule has 0 amide bonds. The number of hydrogen-bond acceptors (Lipinski definition) is 3. The molecular weight excluding hydrogens is 292 g/mol. The van der Waals surface area contributed by atoms with Gasteiger partial charge < -0.3 is 9.84 Å². The zero-order valence-corrected chi connectivity index (χ0v) is 13.9. The first-order valence-corrected chi connectivity index (χ1v) is 9.35. The average molecular weight is 316 g/mol. The van der Waals surface area contributed by atoms with E-state index in [1.807, 2.05) is 17.8 Å². The summed E-state index contributed by atoms with van der Waals surface area (Å²) < 4.78 is 5.43. The second-order valence-corrected chi connectivity index (χ2v) is 8.15. The highest BCUT2D eigenvalue weighted by molar-refractivity contribution is 7.99. The number of benzene rings is 1. The van der Waals surface area contributed by atoms with Crippen LogP contribution in [-0.4, -0.2) is 23.6 Å². The fourth-order valence-electron chi connectivity index (χ4n) is 5.00. The van der Waals surface area contributed by atoms with Crippen molar-refractivity contribution in [3.05, 3.63) is 42.0 Å². The fraction of sp³-hybridized carbons (Fsp3) is 0.579. The van der Waals surface area contributed by atoms with Crippen molar-refractivity contribution < 1.29 is 9.84 Å². The topological polar surface area (TPSA) is 29.5 Å². The predicted octanol–water partition coefficient (Wildman–Crippen LogP) is 3.99. The Balaban J connectivity index is 1.70. The van der Waals surface area contributed by atoms with E-state index in [0.29, 0.717) is 17.1 Å². The number of methoxy groups -OCH3 is 1. The Morgan fingerprint density at radius 2 is 2.23 bits per heavy atom. The van der Waals surface area contributed by atoms with Gasteiger partial charge in [0.15, 0.2) is 0 Å². The van der Waals surface area contributed by atoms with E-state index in [4.69, 9.17) is 4.74 Å². The first-order chi connectivity index (χ1) is 10.7. The highest BCUT2D eigenvalue weighted by Crippen LogP contribution is 2.60. The molecule has 1 aromatic rings. The molecule has 1 saturated carbocycles. The smallest absolute Gasteiger partial charge is 0.119 e. The summed E-state index contributed by atoms with van der Waals surface area (Å²) in [4.78, 5) is 0. The molecule has 0 unspecified atom stereocenters. The highest BCUT2D eigenvalue weighted by atomic mass is 32.2. The normalized spacial score (nSPS) is 39.5. The summed E-state index contributed by atoms with van der Waals surface area (Å²) in [5.41, 5.74) is 2.40. The zero-order chi connectivity index (χ0) is 15.3. The van der Waals surface area contributed by atoms with E-state index in [9.17, 15) is 5.11 Å². The number of ether oxygens (including phenoxy) is 1. The molecular formula is C19H24O2S. The van der Waals surface area contributed by atoms with Crippen LogP contribution in [0.5, 0.6) is 5.75 Å². The van der Waals surface area contributed by atoms with Crippen LogP contribution in [0.15, 0.2) is 30.9 Å². The highest BCUT2D eigenvalue weighted by Gasteiger charge is 2.56. The van der Waals surface area contributed by atoms with Crippen molar-refractivity contribution in [1.29, 1.82) is 0 Å². The van der Waals surface area contributed by atoms with Crippen molar-refractivity contribution in [3.63, 3.8) is 0 Å². The van der Waals surface area contributed by atoms with Crippen LogP contribution in [0.1, 0.15) is 35.6 Å². The van der Waals surface area contributed by atoms with Gasteiger partial charge in [-0.15, -0.1) is 6.58 Å². The molecule has 4 rings (SSSR count). The maximum absolute atomic E-state index is 11.2. The Bertz CT molecular complexity index is 599. The monoisotopic (exact) mass is 316 g/mol. The molecule has 0 spiro atoms. The molecule has 0 radical (unpaired) electrons. The second-order valence-electron chi connectivity index (χ2n) is 7.02. The van der Waals surface area contributed by atoms with Gasteiger partial charge in [0.25, 0.3) is 0 Å².